The molecule has 0 amide bonds. The second kappa shape index (κ2) is 3.08. The third-order valence-corrected chi connectivity index (χ3v) is 3.30. The predicted octanol–water partition coefficient (Wildman–Crippen LogP) is -0.514. The van der Waals surface area contributed by atoms with Gasteiger partial charge in [-0.05, 0) is 13.5 Å². The lowest BCUT2D eigenvalue weighted by Gasteiger charge is -2.12. The van der Waals surface area contributed by atoms with Gasteiger partial charge in [-0.3, -0.25) is 0 Å². The summed E-state index contributed by atoms with van der Waals surface area (Å²) in [4.78, 5) is 0. The van der Waals surface area contributed by atoms with Crippen molar-refractivity contribution in [3.05, 3.63) is 0 Å². The molecule has 0 saturated carbocycles. The molecule has 68 valence electrons. The third-order valence-electron chi connectivity index (χ3n) is 2.03. The van der Waals surface area contributed by atoms with E-state index in [2.05, 4.69) is 5.32 Å². The van der Waals surface area contributed by atoms with E-state index in [0.29, 0.717) is 19.1 Å². The van der Waals surface area contributed by atoms with Gasteiger partial charge in [0.2, 0.25) is 10.0 Å². The topological polar surface area (TPSA) is 49.4 Å². The van der Waals surface area contributed by atoms with Crippen molar-refractivity contribution in [3.63, 3.8) is 0 Å². The summed E-state index contributed by atoms with van der Waals surface area (Å²) in [6.45, 7) is 1.28. The van der Waals surface area contributed by atoms with E-state index in [1.54, 1.807) is 0 Å². The Morgan fingerprint density at radius 1 is 1.64 bits per heavy atom. The van der Waals surface area contributed by atoms with Crippen molar-refractivity contribution >= 4 is 10.0 Å². The van der Waals surface area contributed by atoms with Crippen molar-refractivity contribution in [1.29, 1.82) is 0 Å². The molecular formula is C6H16N2O2S. The zero-order chi connectivity index (χ0) is 8.48. The van der Waals surface area contributed by atoms with Crippen LogP contribution in [0, 0.1) is 0 Å². The maximum atomic E-state index is 11.0. The lowest BCUT2D eigenvalue weighted by Crippen LogP contribution is -2.32. The Balaban J connectivity index is 0.00000121. The molecule has 1 aliphatic rings. The molecule has 1 unspecified atom stereocenters. The minimum Gasteiger partial charge on any atom is -0.316 e. The van der Waals surface area contributed by atoms with Crippen molar-refractivity contribution in [1.82, 2.24) is 9.62 Å². The van der Waals surface area contributed by atoms with E-state index in [4.69, 9.17) is 0 Å². The molecular weight excluding hydrogens is 164 g/mol. The van der Waals surface area contributed by atoms with Crippen LogP contribution >= 0.6 is 0 Å². The van der Waals surface area contributed by atoms with Crippen LogP contribution in [0.4, 0.5) is 0 Å². The summed E-state index contributed by atoms with van der Waals surface area (Å²) in [5.74, 6) is 0. The van der Waals surface area contributed by atoms with E-state index in [0.717, 1.165) is 6.42 Å². The van der Waals surface area contributed by atoms with E-state index < -0.39 is 10.0 Å². The maximum absolute atomic E-state index is 11.0. The van der Waals surface area contributed by atoms with Crippen LogP contribution in [0.15, 0.2) is 0 Å². The van der Waals surface area contributed by atoms with Gasteiger partial charge in [-0.1, -0.05) is 0 Å². The summed E-state index contributed by atoms with van der Waals surface area (Å²) in [6, 6.07) is 0.338. The van der Waals surface area contributed by atoms with Crippen molar-refractivity contribution in [2.45, 2.75) is 12.5 Å². The van der Waals surface area contributed by atoms with Gasteiger partial charge >= 0.3 is 0 Å². The third kappa shape index (κ3) is 2.15. The first-order valence-corrected chi connectivity index (χ1v) is 5.51. The summed E-state index contributed by atoms with van der Waals surface area (Å²) in [5, 5.41) is 3.06. The maximum Gasteiger partial charge on any atom is 0.211 e. The number of hydrogen-bond acceptors (Lipinski definition) is 3. The molecule has 0 aromatic heterocycles. The van der Waals surface area contributed by atoms with Crippen molar-refractivity contribution in [2.24, 2.45) is 0 Å². The monoisotopic (exact) mass is 180 g/mol. The van der Waals surface area contributed by atoms with Gasteiger partial charge in [-0.2, -0.15) is 0 Å². The van der Waals surface area contributed by atoms with Gasteiger partial charge in [0.1, 0.15) is 0 Å². The van der Waals surface area contributed by atoms with Crippen LogP contribution in [-0.4, -0.2) is 45.2 Å². The van der Waals surface area contributed by atoms with Crippen molar-refractivity contribution in [3.8, 4) is 0 Å². The SMILES string of the molecule is CNC1CCN(S(C)(=O)=O)C1.[HH]. The highest BCUT2D eigenvalue weighted by molar-refractivity contribution is 7.88. The highest BCUT2D eigenvalue weighted by Crippen LogP contribution is 2.11. The average Bonchev–Trinajstić information content (AvgIpc) is 2.32. The lowest BCUT2D eigenvalue weighted by atomic mass is 10.3. The molecule has 1 heterocycles. The summed E-state index contributed by atoms with van der Waals surface area (Å²) in [6.07, 6.45) is 2.18. The van der Waals surface area contributed by atoms with E-state index in [1.165, 1.54) is 10.6 Å². The largest absolute Gasteiger partial charge is 0.316 e. The highest BCUT2D eigenvalue weighted by Gasteiger charge is 2.26. The average molecular weight is 180 g/mol. The molecule has 0 aromatic carbocycles. The molecule has 1 saturated heterocycles. The molecule has 1 aliphatic heterocycles. The quantitative estimate of drug-likeness (QED) is 0.622. The normalized spacial score (nSPS) is 27.6. The molecule has 4 nitrogen and oxygen atoms in total. The summed E-state index contributed by atoms with van der Waals surface area (Å²) in [7, 11) is -1.09. The van der Waals surface area contributed by atoms with Crippen LogP contribution in [0.1, 0.15) is 7.85 Å². The van der Waals surface area contributed by atoms with Crippen molar-refractivity contribution in [2.75, 3.05) is 26.4 Å². The second-order valence-corrected chi connectivity index (χ2v) is 4.88. The number of nitrogens with one attached hydrogen (secondary N) is 1. The molecule has 0 spiro atoms. The second-order valence-electron chi connectivity index (χ2n) is 2.90. The Bertz CT molecular complexity index is 230. The van der Waals surface area contributed by atoms with Gasteiger partial charge in [0, 0.05) is 20.6 Å². The van der Waals surface area contributed by atoms with Crippen LogP contribution in [0.3, 0.4) is 0 Å². The Kier molecular flexibility index (Phi) is 2.51. The Hall–Kier alpha value is -0.130. The zero-order valence-electron chi connectivity index (χ0n) is 6.87. The first kappa shape index (κ1) is 8.96. The van der Waals surface area contributed by atoms with Gasteiger partial charge in [-0.25, -0.2) is 12.7 Å². The molecule has 11 heavy (non-hydrogen) atoms. The molecule has 0 aliphatic carbocycles. The van der Waals surface area contributed by atoms with Crippen LogP contribution < -0.4 is 5.32 Å². The summed E-state index contributed by atoms with van der Waals surface area (Å²) >= 11 is 0. The minimum absolute atomic E-state index is 0. The van der Waals surface area contributed by atoms with Crippen LogP contribution in [0.5, 0.6) is 0 Å². The van der Waals surface area contributed by atoms with Crippen LogP contribution in [0.2, 0.25) is 0 Å². The molecule has 1 atom stereocenters. The van der Waals surface area contributed by atoms with E-state index >= 15 is 0 Å². The van der Waals surface area contributed by atoms with Gasteiger partial charge in [0.15, 0.2) is 0 Å². The molecule has 5 heteroatoms. The fraction of sp³-hybridized carbons (Fsp3) is 1.00. The Morgan fingerprint density at radius 3 is 2.55 bits per heavy atom. The molecule has 1 fully saturated rings. The van der Waals surface area contributed by atoms with Crippen LogP contribution in [0.25, 0.3) is 0 Å². The number of rotatable bonds is 2. The lowest BCUT2D eigenvalue weighted by molar-refractivity contribution is 0.469. The minimum atomic E-state index is -2.95. The van der Waals surface area contributed by atoms with Gasteiger partial charge in [0.25, 0.3) is 0 Å². The smallest absolute Gasteiger partial charge is 0.211 e. The first-order chi connectivity index (χ1) is 5.04. The van der Waals surface area contributed by atoms with E-state index in [9.17, 15) is 8.42 Å². The molecule has 0 aromatic rings. The Morgan fingerprint density at radius 2 is 2.27 bits per heavy atom. The summed E-state index contributed by atoms with van der Waals surface area (Å²) < 4.78 is 23.5. The number of nitrogens with zero attached hydrogens (tertiary/aromatic N) is 1. The zero-order valence-corrected chi connectivity index (χ0v) is 7.69. The first-order valence-electron chi connectivity index (χ1n) is 3.66. The van der Waals surface area contributed by atoms with Gasteiger partial charge in [-0.15, -0.1) is 0 Å². The fourth-order valence-electron chi connectivity index (χ4n) is 1.27. The van der Waals surface area contributed by atoms with Crippen molar-refractivity contribution < 1.29 is 9.84 Å². The van der Waals surface area contributed by atoms with Crippen LogP contribution in [-0.2, 0) is 10.0 Å². The molecule has 1 N–H and O–H groups in total. The number of hydrogen-bond donors (Lipinski definition) is 1. The standard InChI is InChI=1S/C6H14N2O2S.H2/c1-7-6-3-4-8(5-6)11(2,9)10;/h6-7H,3-5H2,1-2H3;1H. The number of likely N-dealkylation sites (N-methyl/N-ethyl adjacent to an activating group) is 1. The molecule has 0 radical (unpaired) electrons. The number of sulfonamides is 1. The fourth-order valence-corrected chi connectivity index (χ4v) is 2.15. The highest BCUT2D eigenvalue weighted by atomic mass is 32.2. The van der Waals surface area contributed by atoms with E-state index in [-0.39, 0.29) is 1.43 Å². The molecule has 1 rings (SSSR count). The van der Waals surface area contributed by atoms with Gasteiger partial charge in [0.05, 0.1) is 6.26 Å². The summed E-state index contributed by atoms with van der Waals surface area (Å²) in [5.41, 5.74) is 0. The Labute approximate surface area is 69.1 Å². The van der Waals surface area contributed by atoms with Gasteiger partial charge < -0.3 is 5.32 Å². The molecule has 0 bridgehead atoms. The van der Waals surface area contributed by atoms with E-state index in [1.807, 2.05) is 7.05 Å². The predicted molar refractivity (Wildman–Crippen MR) is 46.0 cm³/mol.